The molecular weight excluding hydrogens is 100 g/mol. The summed E-state index contributed by atoms with van der Waals surface area (Å²) in [4.78, 5) is 0. The monoisotopic (exact) mass is 112 g/mol. The Bertz CT molecular complexity index is 112. The minimum Gasteiger partial charge on any atom is -0.370 e. The largest absolute Gasteiger partial charge is 0.370 e. The first-order chi connectivity index (χ1) is 3.62. The summed E-state index contributed by atoms with van der Waals surface area (Å²) in [5.74, 6) is 0. The van der Waals surface area contributed by atoms with Crippen LogP contribution in [0, 0.1) is 0 Å². The summed E-state index contributed by atoms with van der Waals surface area (Å²) in [6, 6.07) is 0. The molecule has 1 unspecified atom stereocenters. The highest BCUT2D eigenvalue weighted by molar-refractivity contribution is 5.01. The van der Waals surface area contributed by atoms with Crippen molar-refractivity contribution in [2.45, 2.75) is 25.9 Å². The summed E-state index contributed by atoms with van der Waals surface area (Å²) >= 11 is 0. The maximum Gasteiger partial charge on any atom is 0.0925 e. The van der Waals surface area contributed by atoms with Gasteiger partial charge in [-0.1, -0.05) is 5.57 Å². The van der Waals surface area contributed by atoms with Crippen LogP contribution in [0.4, 0.5) is 0 Å². The fourth-order valence-corrected chi connectivity index (χ4v) is 0.864. The normalized spacial score (nSPS) is 34.8. The van der Waals surface area contributed by atoms with Gasteiger partial charge in [0.05, 0.1) is 12.2 Å². The van der Waals surface area contributed by atoms with Crippen molar-refractivity contribution >= 4 is 0 Å². The molecule has 0 aliphatic carbocycles. The van der Waals surface area contributed by atoms with Gasteiger partial charge >= 0.3 is 0 Å². The molecule has 0 amide bonds. The lowest BCUT2D eigenvalue weighted by Crippen LogP contribution is -2.02. The lowest BCUT2D eigenvalue weighted by molar-refractivity contribution is 0.322. The van der Waals surface area contributed by atoms with Gasteiger partial charge in [0.2, 0.25) is 0 Å². The van der Waals surface area contributed by atoms with E-state index >= 15 is 0 Å². The van der Waals surface area contributed by atoms with E-state index in [1.54, 1.807) is 0 Å². The van der Waals surface area contributed by atoms with Crippen LogP contribution in [0.2, 0.25) is 0 Å². The van der Waals surface area contributed by atoms with Crippen LogP contribution in [0.3, 0.4) is 0 Å². The van der Waals surface area contributed by atoms with Crippen LogP contribution in [-0.4, -0.2) is 12.2 Å². The van der Waals surface area contributed by atoms with Crippen molar-refractivity contribution in [3.05, 3.63) is 12.2 Å². The van der Waals surface area contributed by atoms with Gasteiger partial charge in [-0.2, -0.15) is 0 Å². The van der Waals surface area contributed by atoms with Gasteiger partial charge in [0, 0.05) is 0 Å². The van der Waals surface area contributed by atoms with E-state index in [0.717, 1.165) is 13.0 Å². The maximum absolute atomic E-state index is 5.15. The summed E-state index contributed by atoms with van der Waals surface area (Å²) < 4.78 is 5.15. The Hall–Kier alpha value is -0.300. The second-order valence-electron chi connectivity index (χ2n) is 2.87. The number of hydrogen-bond donors (Lipinski definition) is 0. The summed E-state index contributed by atoms with van der Waals surface area (Å²) in [6.07, 6.45) is 1.02. The molecule has 0 aromatic rings. The number of hydrogen-bond acceptors (Lipinski definition) is 1. The van der Waals surface area contributed by atoms with E-state index in [-0.39, 0.29) is 5.60 Å². The van der Waals surface area contributed by atoms with Gasteiger partial charge in [-0.05, 0) is 20.3 Å². The molecule has 0 bridgehead atoms. The van der Waals surface area contributed by atoms with Gasteiger partial charge in [0.25, 0.3) is 0 Å². The number of rotatable bonds is 2. The molecule has 1 nitrogen and oxygen atoms in total. The third-order valence-corrected chi connectivity index (χ3v) is 1.31. The molecule has 0 radical (unpaired) electrons. The van der Waals surface area contributed by atoms with E-state index in [1.165, 1.54) is 5.57 Å². The topological polar surface area (TPSA) is 12.5 Å². The summed E-state index contributed by atoms with van der Waals surface area (Å²) in [5.41, 5.74) is 1.39. The van der Waals surface area contributed by atoms with Crippen molar-refractivity contribution in [2.75, 3.05) is 6.61 Å². The lowest BCUT2D eigenvalue weighted by Gasteiger charge is -2.00. The molecular formula is C7H12O. The maximum atomic E-state index is 5.15. The van der Waals surface area contributed by atoms with Crippen molar-refractivity contribution < 1.29 is 4.74 Å². The predicted octanol–water partition coefficient (Wildman–Crippen LogP) is 1.74. The second-order valence-corrected chi connectivity index (χ2v) is 2.87. The van der Waals surface area contributed by atoms with E-state index < -0.39 is 0 Å². The molecule has 8 heavy (non-hydrogen) atoms. The SMILES string of the molecule is C=C(C)CC1(C)CO1. The van der Waals surface area contributed by atoms with E-state index in [9.17, 15) is 0 Å². The van der Waals surface area contributed by atoms with Crippen LogP contribution in [0.5, 0.6) is 0 Å². The molecule has 1 aliphatic rings. The average molecular weight is 112 g/mol. The molecule has 1 saturated heterocycles. The first kappa shape index (κ1) is 5.83. The summed E-state index contributed by atoms with van der Waals surface area (Å²) in [6.45, 7) is 8.86. The Morgan fingerprint density at radius 1 is 1.88 bits per heavy atom. The van der Waals surface area contributed by atoms with Crippen LogP contribution in [0.25, 0.3) is 0 Å². The van der Waals surface area contributed by atoms with Crippen molar-refractivity contribution in [3.63, 3.8) is 0 Å². The molecule has 1 aliphatic heterocycles. The molecule has 1 rings (SSSR count). The molecule has 1 heterocycles. The highest BCUT2D eigenvalue weighted by atomic mass is 16.6. The third kappa shape index (κ3) is 1.34. The van der Waals surface area contributed by atoms with Gasteiger partial charge < -0.3 is 4.74 Å². The predicted molar refractivity (Wildman–Crippen MR) is 33.8 cm³/mol. The van der Waals surface area contributed by atoms with E-state index in [2.05, 4.69) is 13.5 Å². The highest BCUT2D eigenvalue weighted by Crippen LogP contribution is 2.32. The summed E-state index contributed by atoms with van der Waals surface area (Å²) in [5, 5.41) is 0. The van der Waals surface area contributed by atoms with Crippen LogP contribution in [-0.2, 0) is 4.74 Å². The standard InChI is InChI=1S/C7H12O/c1-6(2)4-7(3)5-8-7/h1,4-5H2,2-3H3. The summed E-state index contributed by atoms with van der Waals surface area (Å²) in [7, 11) is 0. The minimum atomic E-state index is 0.172. The van der Waals surface area contributed by atoms with Crippen molar-refractivity contribution in [3.8, 4) is 0 Å². The fourth-order valence-electron chi connectivity index (χ4n) is 0.864. The molecule has 0 saturated carbocycles. The van der Waals surface area contributed by atoms with E-state index in [1.807, 2.05) is 6.92 Å². The Morgan fingerprint density at radius 3 is 2.50 bits per heavy atom. The zero-order valence-corrected chi connectivity index (χ0v) is 5.53. The minimum absolute atomic E-state index is 0.172. The molecule has 46 valence electrons. The van der Waals surface area contributed by atoms with Crippen LogP contribution < -0.4 is 0 Å². The Kier molecular flexibility index (Phi) is 1.16. The zero-order valence-electron chi connectivity index (χ0n) is 5.53. The second kappa shape index (κ2) is 1.59. The van der Waals surface area contributed by atoms with Gasteiger partial charge in [-0.3, -0.25) is 0 Å². The van der Waals surface area contributed by atoms with E-state index in [0.29, 0.717) is 0 Å². The number of epoxide rings is 1. The van der Waals surface area contributed by atoms with Crippen LogP contribution in [0.1, 0.15) is 20.3 Å². The Labute approximate surface area is 50.3 Å². The smallest absolute Gasteiger partial charge is 0.0925 e. The quantitative estimate of drug-likeness (QED) is 0.391. The van der Waals surface area contributed by atoms with Crippen molar-refractivity contribution in [1.82, 2.24) is 0 Å². The van der Waals surface area contributed by atoms with Crippen molar-refractivity contribution in [1.29, 1.82) is 0 Å². The third-order valence-electron chi connectivity index (χ3n) is 1.31. The molecule has 1 heteroatoms. The average Bonchev–Trinajstić information content (AvgIpc) is 2.17. The number of ether oxygens (including phenoxy) is 1. The van der Waals surface area contributed by atoms with Gasteiger partial charge in [0.15, 0.2) is 0 Å². The molecule has 1 fully saturated rings. The van der Waals surface area contributed by atoms with Crippen LogP contribution in [0.15, 0.2) is 12.2 Å². The molecule has 0 aromatic heterocycles. The lowest BCUT2D eigenvalue weighted by atomic mass is 10.1. The Morgan fingerprint density at radius 2 is 2.38 bits per heavy atom. The highest BCUT2D eigenvalue weighted by Gasteiger charge is 2.38. The molecule has 1 atom stereocenters. The molecule has 0 N–H and O–H groups in total. The van der Waals surface area contributed by atoms with Crippen LogP contribution >= 0.6 is 0 Å². The van der Waals surface area contributed by atoms with E-state index in [4.69, 9.17) is 4.74 Å². The zero-order chi connectivity index (χ0) is 6.20. The van der Waals surface area contributed by atoms with Gasteiger partial charge in [-0.15, -0.1) is 6.58 Å². The van der Waals surface area contributed by atoms with Gasteiger partial charge in [0.1, 0.15) is 0 Å². The molecule has 0 spiro atoms. The molecule has 0 aromatic carbocycles. The van der Waals surface area contributed by atoms with Gasteiger partial charge in [-0.25, -0.2) is 0 Å². The fraction of sp³-hybridized carbons (Fsp3) is 0.714. The first-order valence-electron chi connectivity index (χ1n) is 2.91. The van der Waals surface area contributed by atoms with Crippen molar-refractivity contribution in [2.24, 2.45) is 0 Å². The Balaban J connectivity index is 2.29. The first-order valence-corrected chi connectivity index (χ1v) is 2.91.